The normalized spacial score (nSPS) is 14.8. The van der Waals surface area contributed by atoms with Crippen LogP contribution >= 0.6 is 11.6 Å². The van der Waals surface area contributed by atoms with Gasteiger partial charge in [-0.3, -0.25) is 9.59 Å². The van der Waals surface area contributed by atoms with Crippen molar-refractivity contribution in [2.24, 2.45) is 0 Å². The molecule has 3 heterocycles. The van der Waals surface area contributed by atoms with E-state index < -0.39 is 0 Å². The van der Waals surface area contributed by atoms with Crippen molar-refractivity contribution >= 4 is 61.6 Å². The molecule has 0 bridgehead atoms. The van der Waals surface area contributed by atoms with Gasteiger partial charge in [-0.1, -0.05) is 48.5 Å². The molecule has 7 heteroatoms. The molecule has 0 spiro atoms. The zero-order chi connectivity index (χ0) is 29.0. The molecule has 2 N–H and O–H groups in total. The smallest absolute Gasteiger partial charge is 0.274 e. The Hall–Kier alpha value is -4.55. The number of aromatic nitrogens is 2. The van der Waals surface area contributed by atoms with Crippen LogP contribution in [0.3, 0.4) is 0 Å². The van der Waals surface area contributed by atoms with Crippen LogP contribution in [0.25, 0.3) is 32.6 Å². The van der Waals surface area contributed by atoms with Gasteiger partial charge in [0.2, 0.25) is 0 Å². The zero-order valence-corrected chi connectivity index (χ0v) is 24.2. The van der Waals surface area contributed by atoms with Crippen LogP contribution in [-0.4, -0.2) is 40.2 Å². The van der Waals surface area contributed by atoms with E-state index in [1.54, 1.807) is 0 Å². The number of ketones is 1. The van der Waals surface area contributed by atoms with E-state index in [0.29, 0.717) is 23.8 Å². The van der Waals surface area contributed by atoms with Crippen molar-refractivity contribution in [1.82, 2.24) is 9.97 Å². The second kappa shape index (κ2) is 10.4. The maximum atomic E-state index is 14.0. The molecule has 7 rings (SSSR count). The Morgan fingerprint density at radius 3 is 2.38 bits per heavy atom. The van der Waals surface area contributed by atoms with E-state index in [2.05, 4.69) is 22.1 Å². The van der Waals surface area contributed by atoms with Crippen molar-refractivity contribution in [3.05, 3.63) is 107 Å². The van der Waals surface area contributed by atoms with Gasteiger partial charge in [-0.05, 0) is 60.7 Å². The molecule has 1 aliphatic rings. The third kappa shape index (κ3) is 4.52. The molecule has 1 amide bonds. The third-order valence-corrected chi connectivity index (χ3v) is 8.41. The highest BCUT2D eigenvalue weighted by molar-refractivity contribution is 6.19. The number of aromatic amines is 2. The number of nitrogens with one attached hydrogen (secondary N) is 2. The Morgan fingerprint density at radius 1 is 0.881 bits per heavy atom. The summed E-state index contributed by atoms with van der Waals surface area (Å²) in [6.07, 6.45) is 0.256. The van der Waals surface area contributed by atoms with Crippen LogP contribution in [0.15, 0.2) is 84.9 Å². The van der Waals surface area contributed by atoms with Gasteiger partial charge in [0, 0.05) is 58.0 Å². The number of carbonyl (C=O) groups excluding carboxylic acids is 2. The van der Waals surface area contributed by atoms with E-state index in [1.165, 1.54) is 0 Å². The monoisotopic (exact) mass is 575 g/mol. The fourth-order valence-corrected chi connectivity index (χ4v) is 6.39. The number of hydrogen-bond donors (Lipinski definition) is 2. The van der Waals surface area contributed by atoms with Crippen molar-refractivity contribution in [1.29, 1.82) is 0 Å². The first kappa shape index (κ1) is 26.4. The van der Waals surface area contributed by atoms with Crippen LogP contribution in [-0.2, 0) is 6.42 Å². The Labute approximate surface area is 248 Å². The number of carbonyl (C=O) groups is 2. The molecular formula is C35H30ClN3O3. The largest absolute Gasteiger partial charge is 0.490 e. The number of ether oxygens (including phenoxy) is 1. The van der Waals surface area contributed by atoms with Gasteiger partial charge < -0.3 is 19.6 Å². The Kier molecular flexibility index (Phi) is 6.51. The second-order valence-electron chi connectivity index (χ2n) is 11.3. The summed E-state index contributed by atoms with van der Waals surface area (Å²) in [5, 5.41) is 3.99. The van der Waals surface area contributed by atoms with Crippen LogP contribution in [0, 0.1) is 0 Å². The lowest BCUT2D eigenvalue weighted by molar-refractivity contribution is 0.0978. The SMILES string of the molecule is CC(C)Oc1cc2c(c3ccccc13)C(CCl)CN2C(=O)c1cc2cc(CC(=O)c3cc4ccccc4[nH]3)ccc2[nH]1. The molecule has 4 aromatic carbocycles. The van der Waals surface area contributed by atoms with E-state index in [1.807, 2.05) is 91.5 Å². The molecule has 6 aromatic rings. The van der Waals surface area contributed by atoms with Gasteiger partial charge >= 0.3 is 0 Å². The van der Waals surface area contributed by atoms with Crippen LogP contribution in [0.4, 0.5) is 5.69 Å². The zero-order valence-electron chi connectivity index (χ0n) is 23.4. The molecule has 210 valence electrons. The molecule has 2 aromatic heterocycles. The number of fused-ring (bicyclic) bond motifs is 5. The first-order chi connectivity index (χ1) is 20.4. The number of anilines is 1. The summed E-state index contributed by atoms with van der Waals surface area (Å²) in [5.41, 5.74) is 5.68. The number of rotatable bonds is 7. The molecule has 1 atom stereocenters. The summed E-state index contributed by atoms with van der Waals surface area (Å²) in [6, 6.07) is 27.6. The predicted octanol–water partition coefficient (Wildman–Crippen LogP) is 8.00. The fraction of sp³-hybridized carbons (Fsp3) is 0.200. The summed E-state index contributed by atoms with van der Waals surface area (Å²) in [6.45, 7) is 4.49. The van der Waals surface area contributed by atoms with Gasteiger partial charge in [0.1, 0.15) is 11.4 Å². The third-order valence-electron chi connectivity index (χ3n) is 8.03. The topological polar surface area (TPSA) is 78.2 Å². The molecule has 0 radical (unpaired) electrons. The molecule has 0 saturated carbocycles. The highest BCUT2D eigenvalue weighted by atomic mass is 35.5. The minimum atomic E-state index is -0.124. The maximum absolute atomic E-state index is 14.0. The lowest BCUT2D eigenvalue weighted by Crippen LogP contribution is -2.30. The van der Waals surface area contributed by atoms with Crippen LogP contribution < -0.4 is 9.64 Å². The van der Waals surface area contributed by atoms with Gasteiger partial charge in [0.25, 0.3) is 5.91 Å². The lowest BCUT2D eigenvalue weighted by atomic mass is 9.95. The van der Waals surface area contributed by atoms with Crippen LogP contribution in [0.2, 0.25) is 0 Å². The number of Topliss-reactive ketones (excluding diaryl/α,β-unsaturated/α-hetero) is 1. The van der Waals surface area contributed by atoms with Gasteiger partial charge in [-0.2, -0.15) is 0 Å². The van der Waals surface area contributed by atoms with Crippen molar-refractivity contribution in [2.75, 3.05) is 17.3 Å². The molecule has 0 saturated heterocycles. The number of hydrogen-bond acceptors (Lipinski definition) is 3. The van der Waals surface area contributed by atoms with Crippen molar-refractivity contribution in [2.45, 2.75) is 32.3 Å². The first-order valence-corrected chi connectivity index (χ1v) is 14.8. The standard InChI is InChI=1S/C35H30ClN3O3/c1-20(2)42-33-17-31-34(26-9-5-4-8-25(26)33)24(18-36)19-39(31)35(41)30-16-23-13-21(11-12-28(23)38-30)14-32(40)29-15-22-7-3-6-10-27(22)37-29/h3-13,15-17,20,24,37-38H,14,18-19H2,1-2H3. The van der Waals surface area contributed by atoms with Gasteiger partial charge in [-0.25, -0.2) is 0 Å². The average molecular weight is 576 g/mol. The summed E-state index contributed by atoms with van der Waals surface area (Å²) >= 11 is 6.46. The summed E-state index contributed by atoms with van der Waals surface area (Å²) < 4.78 is 6.19. The molecule has 0 aliphatic carbocycles. The fourth-order valence-electron chi connectivity index (χ4n) is 6.14. The number of alkyl halides is 1. The first-order valence-electron chi connectivity index (χ1n) is 14.2. The van der Waals surface area contributed by atoms with Crippen molar-refractivity contribution in [3.8, 4) is 5.75 Å². The predicted molar refractivity (Wildman–Crippen MR) is 169 cm³/mol. The van der Waals surface area contributed by atoms with Crippen molar-refractivity contribution < 1.29 is 14.3 Å². The molecule has 6 nitrogen and oxygen atoms in total. The minimum Gasteiger partial charge on any atom is -0.490 e. The quantitative estimate of drug-likeness (QED) is 0.149. The highest BCUT2D eigenvalue weighted by Gasteiger charge is 2.35. The average Bonchev–Trinajstić information content (AvgIpc) is 3.71. The molecule has 1 aliphatic heterocycles. The minimum absolute atomic E-state index is 0.00770. The molecule has 42 heavy (non-hydrogen) atoms. The number of nitrogens with zero attached hydrogens (tertiary/aromatic N) is 1. The van der Waals surface area contributed by atoms with Crippen LogP contribution in [0.5, 0.6) is 5.75 Å². The van der Waals surface area contributed by atoms with E-state index in [-0.39, 0.29) is 30.1 Å². The van der Waals surface area contributed by atoms with E-state index >= 15 is 0 Å². The number of para-hydroxylation sites is 1. The molecule has 1 unspecified atom stereocenters. The van der Waals surface area contributed by atoms with Gasteiger partial charge in [-0.15, -0.1) is 11.6 Å². The number of amides is 1. The summed E-state index contributed by atoms with van der Waals surface area (Å²) in [7, 11) is 0. The lowest BCUT2D eigenvalue weighted by Gasteiger charge is -2.20. The highest BCUT2D eigenvalue weighted by Crippen LogP contribution is 2.46. The summed E-state index contributed by atoms with van der Waals surface area (Å²) in [5.74, 6) is 1.07. The van der Waals surface area contributed by atoms with E-state index in [9.17, 15) is 9.59 Å². The number of benzene rings is 4. The molecule has 0 fully saturated rings. The van der Waals surface area contributed by atoms with Gasteiger partial charge in [0.15, 0.2) is 5.78 Å². The maximum Gasteiger partial charge on any atom is 0.274 e. The Balaban J connectivity index is 1.20. The second-order valence-corrected chi connectivity index (χ2v) is 11.6. The van der Waals surface area contributed by atoms with Crippen molar-refractivity contribution in [3.63, 3.8) is 0 Å². The number of H-pyrrole nitrogens is 2. The Morgan fingerprint density at radius 2 is 1.60 bits per heavy atom. The number of halogens is 1. The van der Waals surface area contributed by atoms with Gasteiger partial charge in [0.05, 0.1) is 17.5 Å². The molecular weight excluding hydrogens is 546 g/mol. The van der Waals surface area contributed by atoms with E-state index in [4.69, 9.17) is 16.3 Å². The Bertz CT molecular complexity index is 1970. The van der Waals surface area contributed by atoms with Crippen LogP contribution in [0.1, 0.15) is 51.9 Å². The summed E-state index contributed by atoms with van der Waals surface area (Å²) in [4.78, 5) is 35.4. The van der Waals surface area contributed by atoms with E-state index in [0.717, 1.165) is 55.1 Å².